The van der Waals surface area contributed by atoms with Crippen LogP contribution in [0.3, 0.4) is 0 Å². The van der Waals surface area contributed by atoms with Crippen LogP contribution in [0.1, 0.15) is 33.6 Å². The molecule has 152 valence electrons. The van der Waals surface area contributed by atoms with Crippen LogP contribution >= 0.6 is 11.8 Å². The smallest absolute Gasteiger partial charge is 0.410 e. The van der Waals surface area contributed by atoms with Crippen LogP contribution in [0, 0.1) is 0 Å². The summed E-state index contributed by atoms with van der Waals surface area (Å²) in [6.45, 7) is 6.67. The van der Waals surface area contributed by atoms with Gasteiger partial charge in [-0.25, -0.2) is 4.79 Å². The molecule has 1 fully saturated rings. The molecule has 0 aromatic heterocycles. The Hall–Kier alpha value is -2.42. The molecular weight excluding hydrogens is 380 g/mol. The lowest BCUT2D eigenvalue weighted by Gasteiger charge is -2.38. The SMILES string of the molecule is COc1ccc(NC(=O)C2=NNC3(CCN(C(=O)OC(C)(C)C)CC3)S2)cc1. The van der Waals surface area contributed by atoms with Gasteiger partial charge in [0.1, 0.15) is 16.2 Å². The Labute approximate surface area is 169 Å². The van der Waals surface area contributed by atoms with Crippen molar-refractivity contribution < 1.29 is 19.1 Å². The summed E-state index contributed by atoms with van der Waals surface area (Å²) in [6, 6.07) is 7.12. The fraction of sp³-hybridized carbons (Fsp3) is 0.526. The molecule has 1 spiro atoms. The van der Waals surface area contributed by atoms with E-state index in [9.17, 15) is 9.59 Å². The number of hydrogen-bond donors (Lipinski definition) is 2. The molecule has 1 saturated heterocycles. The molecule has 8 nitrogen and oxygen atoms in total. The van der Waals surface area contributed by atoms with Crippen molar-refractivity contribution in [2.45, 2.75) is 44.1 Å². The number of hydrogen-bond acceptors (Lipinski definition) is 7. The Morgan fingerprint density at radius 2 is 1.86 bits per heavy atom. The van der Waals surface area contributed by atoms with Gasteiger partial charge < -0.3 is 19.7 Å². The van der Waals surface area contributed by atoms with E-state index in [2.05, 4.69) is 15.8 Å². The van der Waals surface area contributed by atoms with Crippen LogP contribution in [0.25, 0.3) is 0 Å². The van der Waals surface area contributed by atoms with Crippen LogP contribution in [0.2, 0.25) is 0 Å². The van der Waals surface area contributed by atoms with Gasteiger partial charge in [0.2, 0.25) is 0 Å². The number of nitrogens with one attached hydrogen (secondary N) is 2. The summed E-state index contributed by atoms with van der Waals surface area (Å²) in [4.78, 5) is 26.1. The van der Waals surface area contributed by atoms with Gasteiger partial charge in [0.05, 0.1) is 7.11 Å². The minimum atomic E-state index is -0.512. The Kier molecular flexibility index (Phi) is 5.74. The highest BCUT2D eigenvalue weighted by atomic mass is 32.2. The van der Waals surface area contributed by atoms with E-state index in [0.717, 1.165) is 5.75 Å². The van der Waals surface area contributed by atoms with E-state index in [4.69, 9.17) is 9.47 Å². The molecule has 0 atom stereocenters. The van der Waals surface area contributed by atoms with Gasteiger partial charge in [0.15, 0.2) is 5.04 Å². The number of amides is 2. The zero-order valence-corrected chi connectivity index (χ0v) is 17.4. The van der Waals surface area contributed by atoms with Crippen molar-refractivity contribution in [2.75, 3.05) is 25.5 Å². The quantitative estimate of drug-likeness (QED) is 0.802. The summed E-state index contributed by atoms with van der Waals surface area (Å²) in [6.07, 6.45) is 1.06. The summed E-state index contributed by atoms with van der Waals surface area (Å²) in [5.74, 6) is 0.470. The maximum Gasteiger partial charge on any atom is 0.410 e. The molecule has 2 N–H and O–H groups in total. The third kappa shape index (κ3) is 4.89. The van der Waals surface area contributed by atoms with Crippen LogP contribution in [0.5, 0.6) is 5.75 Å². The van der Waals surface area contributed by atoms with Gasteiger partial charge >= 0.3 is 6.09 Å². The normalized spacial score (nSPS) is 18.3. The Morgan fingerprint density at radius 1 is 1.21 bits per heavy atom. The van der Waals surface area contributed by atoms with Gasteiger partial charge in [-0.05, 0) is 57.9 Å². The van der Waals surface area contributed by atoms with Crippen molar-refractivity contribution >= 4 is 34.5 Å². The van der Waals surface area contributed by atoms with E-state index in [-0.39, 0.29) is 16.9 Å². The van der Waals surface area contributed by atoms with E-state index in [0.29, 0.717) is 36.7 Å². The summed E-state index contributed by atoms with van der Waals surface area (Å²) in [7, 11) is 1.59. The Balaban J connectivity index is 1.52. The number of ether oxygens (including phenoxy) is 2. The number of nitrogens with zero attached hydrogens (tertiary/aromatic N) is 2. The maximum atomic E-state index is 12.5. The van der Waals surface area contributed by atoms with Crippen LogP contribution in [0.4, 0.5) is 10.5 Å². The number of rotatable bonds is 3. The minimum Gasteiger partial charge on any atom is -0.497 e. The second-order valence-corrected chi connectivity index (χ2v) is 9.15. The summed E-state index contributed by atoms with van der Waals surface area (Å²) in [5, 5.41) is 7.46. The van der Waals surface area contributed by atoms with Gasteiger partial charge in [-0.3, -0.25) is 10.2 Å². The summed E-state index contributed by atoms with van der Waals surface area (Å²) >= 11 is 1.42. The van der Waals surface area contributed by atoms with Crippen LogP contribution in [-0.2, 0) is 9.53 Å². The largest absolute Gasteiger partial charge is 0.497 e. The standard InChI is InChI=1S/C19H26N4O4S/c1-18(2,3)27-17(25)23-11-9-19(10-12-23)22-21-16(28-19)15(24)20-13-5-7-14(26-4)8-6-13/h5-8,22H,9-12H2,1-4H3,(H,20,24). The number of piperidine rings is 1. The predicted molar refractivity (Wildman–Crippen MR) is 110 cm³/mol. The number of methoxy groups -OCH3 is 1. The molecule has 0 aliphatic carbocycles. The molecule has 28 heavy (non-hydrogen) atoms. The number of thioether (sulfide) groups is 1. The molecule has 3 rings (SSSR count). The van der Waals surface area contributed by atoms with Gasteiger partial charge in [-0.15, -0.1) is 0 Å². The second kappa shape index (κ2) is 7.90. The number of likely N-dealkylation sites (tertiary alicyclic amines) is 1. The fourth-order valence-corrected chi connectivity index (χ4v) is 4.01. The van der Waals surface area contributed by atoms with Crippen molar-refractivity contribution in [1.82, 2.24) is 10.3 Å². The Morgan fingerprint density at radius 3 is 2.43 bits per heavy atom. The molecule has 2 aliphatic heterocycles. The number of benzene rings is 1. The lowest BCUT2D eigenvalue weighted by molar-refractivity contribution is -0.110. The van der Waals surface area contributed by atoms with Gasteiger partial charge in [-0.2, -0.15) is 5.10 Å². The molecule has 9 heteroatoms. The number of hydrazone groups is 1. The van der Waals surface area contributed by atoms with Gasteiger partial charge in [0.25, 0.3) is 5.91 Å². The first-order valence-electron chi connectivity index (χ1n) is 9.17. The summed E-state index contributed by atoms with van der Waals surface area (Å²) in [5.41, 5.74) is 3.27. The van der Waals surface area contributed by atoms with Crippen LogP contribution in [0.15, 0.2) is 29.4 Å². The first-order chi connectivity index (χ1) is 13.2. The number of carbonyl (C=O) groups is 2. The molecule has 2 aliphatic rings. The lowest BCUT2D eigenvalue weighted by Crippen LogP contribution is -2.50. The first-order valence-corrected chi connectivity index (χ1v) is 9.99. The van der Waals surface area contributed by atoms with Crippen molar-refractivity contribution in [1.29, 1.82) is 0 Å². The highest BCUT2D eigenvalue weighted by molar-refractivity contribution is 8.17. The third-order valence-corrected chi connectivity index (χ3v) is 5.78. The van der Waals surface area contributed by atoms with Crippen molar-refractivity contribution in [3.63, 3.8) is 0 Å². The first kappa shape index (κ1) is 20.3. The zero-order valence-electron chi connectivity index (χ0n) is 16.6. The monoisotopic (exact) mass is 406 g/mol. The molecule has 0 unspecified atom stereocenters. The second-order valence-electron chi connectivity index (χ2n) is 7.78. The van der Waals surface area contributed by atoms with Crippen molar-refractivity contribution in [2.24, 2.45) is 5.10 Å². The predicted octanol–water partition coefficient (Wildman–Crippen LogP) is 3.01. The molecule has 2 heterocycles. The third-order valence-electron chi connectivity index (χ3n) is 4.42. The number of carbonyl (C=O) groups excluding carboxylic acids is 2. The molecule has 0 bridgehead atoms. The van der Waals surface area contributed by atoms with Crippen LogP contribution < -0.4 is 15.5 Å². The molecule has 2 amide bonds. The van der Waals surface area contributed by atoms with Gasteiger partial charge in [0, 0.05) is 18.8 Å². The maximum absolute atomic E-state index is 12.5. The van der Waals surface area contributed by atoms with Crippen LogP contribution in [-0.4, -0.2) is 52.6 Å². The van der Waals surface area contributed by atoms with E-state index < -0.39 is 5.60 Å². The van der Waals surface area contributed by atoms with Crippen molar-refractivity contribution in [3.05, 3.63) is 24.3 Å². The molecule has 1 aromatic carbocycles. The highest BCUT2D eigenvalue weighted by Gasteiger charge is 2.43. The van der Waals surface area contributed by atoms with E-state index in [1.807, 2.05) is 20.8 Å². The molecule has 0 radical (unpaired) electrons. The van der Waals surface area contributed by atoms with Gasteiger partial charge in [-0.1, -0.05) is 11.8 Å². The molecule has 1 aromatic rings. The highest BCUT2D eigenvalue weighted by Crippen LogP contribution is 2.38. The molecular formula is C19H26N4O4S. The van der Waals surface area contributed by atoms with E-state index in [1.165, 1.54) is 11.8 Å². The average Bonchev–Trinajstić information content (AvgIpc) is 3.05. The van der Waals surface area contributed by atoms with Crippen molar-refractivity contribution in [3.8, 4) is 5.75 Å². The van der Waals surface area contributed by atoms with E-state index >= 15 is 0 Å². The topological polar surface area (TPSA) is 92.3 Å². The average molecular weight is 407 g/mol. The summed E-state index contributed by atoms with van der Waals surface area (Å²) < 4.78 is 10.5. The van der Waals surface area contributed by atoms with E-state index in [1.54, 1.807) is 36.3 Å². The number of anilines is 1. The lowest BCUT2D eigenvalue weighted by atomic mass is 10.1. The zero-order chi connectivity index (χ0) is 20.4. The minimum absolute atomic E-state index is 0.255. The Bertz CT molecular complexity index is 765. The molecule has 0 saturated carbocycles. The fourth-order valence-electron chi connectivity index (χ4n) is 2.93.